The SMILES string of the molecule is C#CCN1C(=O)CN(C(Cl)Cc2ccc(Cl)cc2)C(=O)C1CC(=O)NCC=C. The summed E-state index contributed by atoms with van der Waals surface area (Å²) in [5.41, 5.74) is 0.125. The lowest BCUT2D eigenvalue weighted by Gasteiger charge is -2.41. The highest BCUT2D eigenvalue weighted by Gasteiger charge is 2.42. The molecule has 148 valence electrons. The second-order valence-electron chi connectivity index (χ2n) is 6.27. The standard InChI is InChI=1S/C20H21Cl2N3O3/c1-3-9-23-18(26)12-16-20(28)25(13-19(27)24(16)10-4-2)17(22)11-14-5-7-15(21)8-6-14/h2-3,5-8,16-17H,1,9-13H2,(H,23,26). The molecule has 0 aliphatic carbocycles. The van der Waals surface area contributed by atoms with Gasteiger partial charge in [0.05, 0.1) is 13.0 Å². The number of benzene rings is 1. The summed E-state index contributed by atoms with van der Waals surface area (Å²) >= 11 is 12.3. The van der Waals surface area contributed by atoms with E-state index in [9.17, 15) is 14.4 Å². The zero-order valence-corrected chi connectivity index (χ0v) is 16.7. The fourth-order valence-electron chi connectivity index (χ4n) is 2.90. The Morgan fingerprint density at radius 2 is 2.07 bits per heavy atom. The van der Waals surface area contributed by atoms with Crippen molar-refractivity contribution in [3.05, 3.63) is 47.5 Å². The van der Waals surface area contributed by atoms with E-state index in [1.807, 2.05) is 0 Å². The van der Waals surface area contributed by atoms with Crippen LogP contribution in [-0.2, 0) is 20.8 Å². The van der Waals surface area contributed by atoms with Crippen LogP contribution in [0.1, 0.15) is 12.0 Å². The van der Waals surface area contributed by atoms with Crippen LogP contribution in [0.5, 0.6) is 0 Å². The van der Waals surface area contributed by atoms with Crippen molar-refractivity contribution in [1.29, 1.82) is 0 Å². The molecule has 6 nitrogen and oxygen atoms in total. The molecule has 1 fully saturated rings. The Kier molecular flexibility index (Phi) is 7.91. The zero-order valence-electron chi connectivity index (χ0n) is 15.2. The first-order chi connectivity index (χ1) is 13.4. The van der Waals surface area contributed by atoms with Gasteiger partial charge in [0.1, 0.15) is 18.1 Å². The Morgan fingerprint density at radius 1 is 1.39 bits per heavy atom. The average molecular weight is 422 g/mol. The van der Waals surface area contributed by atoms with Gasteiger partial charge in [-0.1, -0.05) is 47.3 Å². The maximum Gasteiger partial charge on any atom is 0.247 e. The highest BCUT2D eigenvalue weighted by atomic mass is 35.5. The molecule has 0 aromatic heterocycles. The van der Waals surface area contributed by atoms with Gasteiger partial charge >= 0.3 is 0 Å². The van der Waals surface area contributed by atoms with Crippen LogP contribution in [0.15, 0.2) is 36.9 Å². The summed E-state index contributed by atoms with van der Waals surface area (Å²) in [7, 11) is 0. The molecule has 0 spiro atoms. The number of carbonyl (C=O) groups is 3. The number of amides is 3. The van der Waals surface area contributed by atoms with E-state index in [-0.39, 0.29) is 37.9 Å². The van der Waals surface area contributed by atoms with Gasteiger partial charge in [0.25, 0.3) is 0 Å². The predicted molar refractivity (Wildman–Crippen MR) is 109 cm³/mol. The fraction of sp³-hybridized carbons (Fsp3) is 0.350. The largest absolute Gasteiger partial charge is 0.353 e. The highest BCUT2D eigenvalue weighted by molar-refractivity contribution is 6.30. The lowest BCUT2D eigenvalue weighted by atomic mass is 10.0. The molecule has 3 amide bonds. The van der Waals surface area contributed by atoms with Crippen molar-refractivity contribution in [2.75, 3.05) is 19.6 Å². The fourth-order valence-corrected chi connectivity index (χ4v) is 3.37. The summed E-state index contributed by atoms with van der Waals surface area (Å²) in [5, 5.41) is 3.20. The van der Waals surface area contributed by atoms with Crippen LogP contribution < -0.4 is 5.32 Å². The Hall–Kier alpha value is -2.49. The van der Waals surface area contributed by atoms with E-state index in [1.165, 1.54) is 15.9 Å². The van der Waals surface area contributed by atoms with Crippen LogP contribution in [0, 0.1) is 12.3 Å². The first kappa shape index (κ1) is 21.8. The average Bonchev–Trinajstić information content (AvgIpc) is 2.67. The molecule has 1 aromatic carbocycles. The minimum Gasteiger partial charge on any atom is -0.353 e. The molecule has 2 unspecified atom stereocenters. The predicted octanol–water partition coefficient (Wildman–Crippen LogP) is 1.81. The third-order valence-electron chi connectivity index (χ3n) is 4.31. The van der Waals surface area contributed by atoms with Gasteiger partial charge in [0.2, 0.25) is 17.7 Å². The maximum absolute atomic E-state index is 13.0. The molecule has 2 atom stereocenters. The van der Waals surface area contributed by atoms with Crippen molar-refractivity contribution >= 4 is 40.9 Å². The number of rotatable bonds is 8. The second kappa shape index (κ2) is 10.2. The molecule has 28 heavy (non-hydrogen) atoms. The summed E-state index contributed by atoms with van der Waals surface area (Å²) < 4.78 is 0. The Morgan fingerprint density at radius 3 is 2.68 bits per heavy atom. The van der Waals surface area contributed by atoms with Crippen molar-refractivity contribution in [1.82, 2.24) is 15.1 Å². The Labute approximate surface area is 174 Å². The molecule has 0 saturated carbocycles. The molecule has 0 radical (unpaired) electrons. The number of hydrogen-bond donors (Lipinski definition) is 1. The van der Waals surface area contributed by atoms with E-state index in [2.05, 4.69) is 17.8 Å². The van der Waals surface area contributed by atoms with Crippen LogP contribution >= 0.6 is 23.2 Å². The monoisotopic (exact) mass is 421 g/mol. The van der Waals surface area contributed by atoms with Gasteiger partial charge in [-0.3, -0.25) is 14.4 Å². The summed E-state index contributed by atoms with van der Waals surface area (Å²) in [5.74, 6) is 1.24. The first-order valence-corrected chi connectivity index (χ1v) is 9.48. The van der Waals surface area contributed by atoms with E-state index in [4.69, 9.17) is 29.6 Å². The molecule has 1 N–H and O–H groups in total. The van der Waals surface area contributed by atoms with Gasteiger partial charge in [-0.05, 0) is 17.7 Å². The van der Waals surface area contributed by atoms with Gasteiger partial charge in [-0.2, -0.15) is 0 Å². The topological polar surface area (TPSA) is 69.7 Å². The number of nitrogens with zero attached hydrogens (tertiary/aromatic N) is 2. The van der Waals surface area contributed by atoms with Crippen molar-refractivity contribution < 1.29 is 14.4 Å². The first-order valence-electron chi connectivity index (χ1n) is 8.67. The number of hydrogen-bond acceptors (Lipinski definition) is 3. The van der Waals surface area contributed by atoms with Crippen LogP contribution in [0.4, 0.5) is 0 Å². The summed E-state index contributed by atoms with van der Waals surface area (Å²) in [4.78, 5) is 40.2. The van der Waals surface area contributed by atoms with Gasteiger partial charge in [0, 0.05) is 18.0 Å². The lowest BCUT2D eigenvalue weighted by Crippen LogP contribution is -2.62. The normalized spacial score (nSPS) is 17.8. The molecule has 1 aliphatic heterocycles. The lowest BCUT2D eigenvalue weighted by molar-refractivity contribution is -0.157. The number of piperazine rings is 1. The second-order valence-corrected chi connectivity index (χ2v) is 7.21. The third kappa shape index (κ3) is 5.51. The number of alkyl halides is 1. The zero-order chi connectivity index (χ0) is 20.7. The van der Waals surface area contributed by atoms with Crippen LogP contribution in [-0.4, -0.2) is 58.7 Å². The smallest absolute Gasteiger partial charge is 0.247 e. The van der Waals surface area contributed by atoms with E-state index in [1.54, 1.807) is 24.3 Å². The van der Waals surface area contributed by atoms with E-state index >= 15 is 0 Å². The number of nitrogens with one attached hydrogen (secondary N) is 1. The van der Waals surface area contributed by atoms with Crippen LogP contribution in [0.3, 0.4) is 0 Å². The number of halogens is 2. The molecule has 8 heteroatoms. The quantitative estimate of drug-likeness (QED) is 0.301. The summed E-state index contributed by atoms with van der Waals surface area (Å²) in [6, 6.07) is 6.07. The van der Waals surface area contributed by atoms with E-state index in [0.29, 0.717) is 11.4 Å². The summed E-state index contributed by atoms with van der Waals surface area (Å²) in [6.45, 7) is 3.55. The van der Waals surface area contributed by atoms with Crippen LogP contribution in [0.25, 0.3) is 0 Å². The van der Waals surface area contributed by atoms with Crippen LogP contribution in [0.2, 0.25) is 5.02 Å². The third-order valence-corrected chi connectivity index (χ3v) is 4.95. The van der Waals surface area contributed by atoms with Gasteiger partial charge in [0.15, 0.2) is 0 Å². The van der Waals surface area contributed by atoms with Crippen molar-refractivity contribution in [2.45, 2.75) is 24.4 Å². The van der Waals surface area contributed by atoms with Gasteiger partial charge < -0.3 is 15.1 Å². The molecular formula is C20H21Cl2N3O3. The van der Waals surface area contributed by atoms with Crippen molar-refractivity contribution in [3.63, 3.8) is 0 Å². The molecule has 1 aliphatic rings. The Bertz CT molecular complexity index is 789. The Balaban J connectivity index is 2.16. The minimum absolute atomic E-state index is 0.0536. The van der Waals surface area contributed by atoms with Gasteiger partial charge in [-0.25, -0.2) is 0 Å². The van der Waals surface area contributed by atoms with Crippen molar-refractivity contribution in [3.8, 4) is 12.3 Å². The minimum atomic E-state index is -0.992. The molecule has 0 bridgehead atoms. The highest BCUT2D eigenvalue weighted by Crippen LogP contribution is 2.22. The molecular weight excluding hydrogens is 401 g/mol. The summed E-state index contributed by atoms with van der Waals surface area (Å²) in [6.07, 6.45) is 7.00. The molecule has 1 saturated heterocycles. The molecule has 1 heterocycles. The maximum atomic E-state index is 13.0. The van der Waals surface area contributed by atoms with Gasteiger partial charge in [-0.15, -0.1) is 13.0 Å². The van der Waals surface area contributed by atoms with E-state index in [0.717, 1.165) is 5.56 Å². The van der Waals surface area contributed by atoms with Crippen molar-refractivity contribution in [2.24, 2.45) is 0 Å². The molecule has 1 aromatic rings. The molecule has 2 rings (SSSR count). The number of terminal acetylenes is 1. The van der Waals surface area contributed by atoms with E-state index < -0.39 is 17.5 Å². The number of carbonyl (C=O) groups excluding carboxylic acids is 3.